The van der Waals surface area contributed by atoms with Crippen LogP contribution in [0.25, 0.3) is 0 Å². The van der Waals surface area contributed by atoms with Crippen molar-refractivity contribution in [2.75, 3.05) is 0 Å². The number of amides is 1. The highest BCUT2D eigenvalue weighted by Crippen LogP contribution is 2.39. The van der Waals surface area contributed by atoms with Gasteiger partial charge in [0.15, 0.2) is 0 Å². The van der Waals surface area contributed by atoms with Gasteiger partial charge in [0.1, 0.15) is 11.9 Å². The van der Waals surface area contributed by atoms with Crippen molar-refractivity contribution in [2.45, 2.75) is 94.1 Å². The molecular weight excluding hydrogens is 474 g/mol. The van der Waals surface area contributed by atoms with E-state index in [-0.39, 0.29) is 24.1 Å². The van der Waals surface area contributed by atoms with Crippen molar-refractivity contribution in [3.8, 4) is 5.75 Å². The molecule has 37 heavy (non-hydrogen) atoms. The molecule has 3 aromatic carbocycles. The standard InChI is InChI=1S/C33H39NO2S/c1-22(2)29-9-5-7-11-31(29)36-28-19-26-17-18-27(20-28)34(26)33(35)25-15-13-24(14-16-25)21-37-32-12-8-6-10-30(32)23(3)4/h5-16,22-23,26-28H,17-21H2,1-4H3/t26-,27+,28?. The molecule has 3 atom stereocenters. The molecule has 0 aliphatic carbocycles. The third-order valence-electron chi connectivity index (χ3n) is 7.90. The van der Waals surface area contributed by atoms with Crippen LogP contribution in [-0.4, -0.2) is 29.0 Å². The number of benzene rings is 3. The van der Waals surface area contributed by atoms with E-state index in [0.29, 0.717) is 11.8 Å². The van der Waals surface area contributed by atoms with E-state index in [0.717, 1.165) is 42.7 Å². The van der Waals surface area contributed by atoms with Crippen LogP contribution in [-0.2, 0) is 5.75 Å². The molecule has 2 bridgehead atoms. The highest BCUT2D eigenvalue weighted by atomic mass is 32.2. The Morgan fingerprint density at radius 1 is 0.838 bits per heavy atom. The zero-order valence-electron chi connectivity index (χ0n) is 22.5. The molecule has 2 aliphatic rings. The molecule has 0 spiro atoms. The van der Waals surface area contributed by atoms with Gasteiger partial charge in [0.2, 0.25) is 0 Å². The molecular formula is C33H39NO2S. The van der Waals surface area contributed by atoms with Gasteiger partial charge in [-0.3, -0.25) is 4.79 Å². The first kappa shape index (κ1) is 25.9. The molecule has 5 rings (SSSR count). The van der Waals surface area contributed by atoms with E-state index < -0.39 is 0 Å². The summed E-state index contributed by atoms with van der Waals surface area (Å²) < 4.78 is 6.52. The molecule has 2 heterocycles. The smallest absolute Gasteiger partial charge is 0.254 e. The second kappa shape index (κ2) is 11.3. The van der Waals surface area contributed by atoms with Crippen molar-refractivity contribution < 1.29 is 9.53 Å². The minimum Gasteiger partial charge on any atom is -0.490 e. The molecule has 3 aromatic rings. The topological polar surface area (TPSA) is 29.5 Å². The quantitative estimate of drug-likeness (QED) is 0.283. The third-order valence-corrected chi connectivity index (χ3v) is 9.06. The van der Waals surface area contributed by atoms with Crippen molar-refractivity contribution in [3.63, 3.8) is 0 Å². The zero-order chi connectivity index (χ0) is 25.9. The average molecular weight is 514 g/mol. The summed E-state index contributed by atoms with van der Waals surface area (Å²) >= 11 is 1.88. The van der Waals surface area contributed by atoms with Crippen LogP contribution < -0.4 is 4.74 Å². The molecule has 194 valence electrons. The molecule has 3 nitrogen and oxygen atoms in total. The van der Waals surface area contributed by atoms with Gasteiger partial charge in [-0.2, -0.15) is 0 Å². The van der Waals surface area contributed by atoms with E-state index in [4.69, 9.17) is 4.74 Å². The normalized spacial score (nSPS) is 21.0. The maximum absolute atomic E-state index is 13.6. The number of fused-ring (bicyclic) bond motifs is 2. The van der Waals surface area contributed by atoms with Crippen molar-refractivity contribution >= 4 is 17.7 Å². The summed E-state index contributed by atoms with van der Waals surface area (Å²) in [6.45, 7) is 8.90. The number of hydrogen-bond donors (Lipinski definition) is 0. The second-order valence-corrected chi connectivity index (χ2v) is 12.2. The van der Waals surface area contributed by atoms with Crippen molar-refractivity contribution in [3.05, 3.63) is 95.1 Å². The fourth-order valence-electron chi connectivity index (χ4n) is 5.94. The first-order valence-corrected chi connectivity index (χ1v) is 14.8. The van der Waals surface area contributed by atoms with Gasteiger partial charge in [0.25, 0.3) is 5.91 Å². The number of thioether (sulfide) groups is 1. The monoisotopic (exact) mass is 513 g/mol. The zero-order valence-corrected chi connectivity index (χ0v) is 23.3. The molecule has 2 aliphatic heterocycles. The lowest BCUT2D eigenvalue weighted by atomic mass is 9.97. The first-order chi connectivity index (χ1) is 17.9. The van der Waals surface area contributed by atoms with E-state index in [9.17, 15) is 4.79 Å². The first-order valence-electron chi connectivity index (χ1n) is 13.8. The molecule has 1 amide bonds. The van der Waals surface area contributed by atoms with Gasteiger partial charge in [-0.25, -0.2) is 0 Å². The molecule has 1 unspecified atom stereocenters. The summed E-state index contributed by atoms with van der Waals surface area (Å²) in [6.07, 6.45) is 4.16. The van der Waals surface area contributed by atoms with Gasteiger partial charge >= 0.3 is 0 Å². The molecule has 0 radical (unpaired) electrons. The second-order valence-electron chi connectivity index (χ2n) is 11.2. The van der Waals surface area contributed by atoms with Crippen LogP contribution in [0.4, 0.5) is 0 Å². The van der Waals surface area contributed by atoms with E-state index in [1.807, 2.05) is 23.9 Å². The van der Waals surface area contributed by atoms with E-state index in [1.54, 1.807) is 0 Å². The fraction of sp³-hybridized carbons (Fsp3) is 0.424. The molecule has 4 heteroatoms. The lowest BCUT2D eigenvalue weighted by Crippen LogP contribution is -2.49. The van der Waals surface area contributed by atoms with Gasteiger partial charge < -0.3 is 9.64 Å². The Morgan fingerprint density at radius 2 is 1.43 bits per heavy atom. The molecule has 0 aromatic heterocycles. The summed E-state index contributed by atoms with van der Waals surface area (Å²) in [6, 6.07) is 25.9. The van der Waals surface area contributed by atoms with Gasteiger partial charge in [-0.15, -0.1) is 11.8 Å². The Labute approximate surface area is 226 Å². The Bertz CT molecular complexity index is 1210. The number of para-hydroxylation sites is 1. The number of hydrogen-bond acceptors (Lipinski definition) is 3. The third kappa shape index (κ3) is 5.75. The summed E-state index contributed by atoms with van der Waals surface area (Å²) in [5.41, 5.74) is 4.71. The van der Waals surface area contributed by atoms with Crippen LogP contribution in [0.5, 0.6) is 5.75 Å². The number of carbonyl (C=O) groups excluding carboxylic acids is 1. The lowest BCUT2D eigenvalue weighted by molar-refractivity contribution is 0.0356. The number of ether oxygens (including phenoxy) is 1. The minimum atomic E-state index is 0.176. The van der Waals surface area contributed by atoms with Crippen molar-refractivity contribution in [1.82, 2.24) is 4.90 Å². The number of carbonyl (C=O) groups is 1. The summed E-state index contributed by atoms with van der Waals surface area (Å²) in [4.78, 5) is 17.1. The van der Waals surface area contributed by atoms with Crippen LogP contribution in [0.1, 0.15) is 92.3 Å². The van der Waals surface area contributed by atoms with Gasteiger partial charge in [0, 0.05) is 41.1 Å². The highest BCUT2D eigenvalue weighted by molar-refractivity contribution is 7.98. The lowest BCUT2D eigenvalue weighted by Gasteiger charge is -2.39. The van der Waals surface area contributed by atoms with Crippen LogP contribution in [0.3, 0.4) is 0 Å². The number of rotatable bonds is 8. The van der Waals surface area contributed by atoms with Crippen LogP contribution in [0, 0.1) is 0 Å². The van der Waals surface area contributed by atoms with E-state index in [2.05, 4.69) is 93.3 Å². The molecule has 2 saturated heterocycles. The van der Waals surface area contributed by atoms with Gasteiger partial charge in [-0.1, -0.05) is 76.2 Å². The van der Waals surface area contributed by atoms with Crippen molar-refractivity contribution in [2.24, 2.45) is 0 Å². The van der Waals surface area contributed by atoms with E-state index in [1.165, 1.54) is 21.6 Å². The number of piperidine rings is 1. The predicted octanol–water partition coefficient (Wildman–Crippen LogP) is 8.44. The Hall–Kier alpha value is -2.72. The van der Waals surface area contributed by atoms with Gasteiger partial charge in [0.05, 0.1) is 0 Å². The van der Waals surface area contributed by atoms with Crippen LogP contribution in [0.2, 0.25) is 0 Å². The molecule has 0 saturated carbocycles. The van der Waals surface area contributed by atoms with E-state index >= 15 is 0 Å². The predicted molar refractivity (Wildman–Crippen MR) is 154 cm³/mol. The highest BCUT2D eigenvalue weighted by Gasteiger charge is 2.44. The Balaban J connectivity index is 1.21. The Morgan fingerprint density at radius 3 is 2.08 bits per heavy atom. The summed E-state index contributed by atoms with van der Waals surface area (Å²) in [5.74, 6) is 3.04. The maximum atomic E-state index is 13.6. The minimum absolute atomic E-state index is 0.176. The summed E-state index contributed by atoms with van der Waals surface area (Å²) in [5, 5.41) is 0. The Kier molecular flexibility index (Phi) is 7.95. The van der Waals surface area contributed by atoms with Crippen molar-refractivity contribution in [1.29, 1.82) is 0 Å². The summed E-state index contributed by atoms with van der Waals surface area (Å²) in [7, 11) is 0. The molecule has 0 N–H and O–H groups in total. The number of nitrogens with zero attached hydrogens (tertiary/aromatic N) is 1. The largest absolute Gasteiger partial charge is 0.490 e. The average Bonchev–Trinajstić information content (AvgIpc) is 3.17. The SMILES string of the molecule is CC(C)c1ccccc1OC1C[C@H]2CC[C@@H](C1)N2C(=O)c1ccc(CSc2ccccc2C(C)C)cc1. The fourth-order valence-corrected chi connectivity index (χ4v) is 7.10. The molecule has 2 fully saturated rings. The van der Waals surface area contributed by atoms with Crippen LogP contribution in [0.15, 0.2) is 77.7 Å². The van der Waals surface area contributed by atoms with Gasteiger partial charge in [-0.05, 0) is 65.6 Å². The van der Waals surface area contributed by atoms with Crippen LogP contribution >= 0.6 is 11.8 Å². The maximum Gasteiger partial charge on any atom is 0.254 e.